The van der Waals surface area contributed by atoms with Crippen molar-refractivity contribution in [1.82, 2.24) is 9.58 Å². The Hall–Kier alpha value is -2.88. The molecule has 4 heteroatoms. The van der Waals surface area contributed by atoms with Gasteiger partial charge in [0.1, 0.15) is 6.67 Å². The maximum absolute atomic E-state index is 12.2. The van der Waals surface area contributed by atoms with Gasteiger partial charge in [-0.05, 0) is 23.1 Å². The van der Waals surface area contributed by atoms with Crippen molar-refractivity contribution in [3.8, 4) is 0 Å². The summed E-state index contributed by atoms with van der Waals surface area (Å²) in [6.07, 6.45) is 3.21. The fourth-order valence-corrected chi connectivity index (χ4v) is 2.96. The van der Waals surface area contributed by atoms with Crippen molar-refractivity contribution in [3.05, 3.63) is 72.4 Å². The van der Waals surface area contributed by atoms with Crippen LogP contribution in [0.1, 0.15) is 18.4 Å². The number of hydrazone groups is 1. The lowest BCUT2D eigenvalue weighted by molar-refractivity contribution is -0.133. The first kappa shape index (κ1) is 13.8. The van der Waals surface area contributed by atoms with Crippen LogP contribution in [0, 0.1) is 0 Å². The first-order valence-electron chi connectivity index (χ1n) is 7.78. The first-order chi connectivity index (χ1) is 11.3. The van der Waals surface area contributed by atoms with Gasteiger partial charge >= 0.3 is 0 Å². The Morgan fingerprint density at radius 1 is 0.913 bits per heavy atom. The molecule has 0 saturated carbocycles. The predicted octanol–water partition coefficient (Wildman–Crippen LogP) is 3.63. The summed E-state index contributed by atoms with van der Waals surface area (Å²) >= 11 is 0. The van der Waals surface area contributed by atoms with Gasteiger partial charge in [-0.25, -0.2) is 5.01 Å². The monoisotopic (exact) mass is 303 g/mol. The molecule has 2 aromatic carbocycles. The van der Waals surface area contributed by atoms with Crippen molar-refractivity contribution in [1.29, 1.82) is 0 Å². The Bertz CT molecular complexity index is 880. The van der Waals surface area contributed by atoms with Crippen LogP contribution < -0.4 is 0 Å². The van der Waals surface area contributed by atoms with Crippen LogP contribution in [0.25, 0.3) is 10.9 Å². The third kappa shape index (κ3) is 2.63. The minimum atomic E-state index is 0.0717. The number of hydrogen-bond donors (Lipinski definition) is 0. The van der Waals surface area contributed by atoms with E-state index >= 15 is 0 Å². The molecule has 0 spiro atoms. The number of benzene rings is 2. The van der Waals surface area contributed by atoms with E-state index in [1.54, 1.807) is 5.01 Å². The van der Waals surface area contributed by atoms with E-state index in [4.69, 9.17) is 0 Å². The Labute approximate surface area is 134 Å². The highest BCUT2D eigenvalue weighted by atomic mass is 16.2. The molecule has 0 bridgehead atoms. The predicted molar refractivity (Wildman–Crippen MR) is 91.0 cm³/mol. The molecule has 0 atom stereocenters. The van der Waals surface area contributed by atoms with Crippen LogP contribution in [0.5, 0.6) is 0 Å². The molecule has 0 unspecified atom stereocenters. The van der Waals surface area contributed by atoms with E-state index in [0.29, 0.717) is 19.5 Å². The van der Waals surface area contributed by atoms with E-state index < -0.39 is 0 Å². The Morgan fingerprint density at radius 2 is 1.70 bits per heavy atom. The molecule has 114 valence electrons. The summed E-state index contributed by atoms with van der Waals surface area (Å²) in [5.41, 5.74) is 3.17. The number of nitrogens with zero attached hydrogens (tertiary/aromatic N) is 3. The molecule has 0 fully saturated rings. The second kappa shape index (κ2) is 5.72. The third-order valence-corrected chi connectivity index (χ3v) is 4.18. The van der Waals surface area contributed by atoms with Crippen molar-refractivity contribution in [3.63, 3.8) is 0 Å². The fourth-order valence-electron chi connectivity index (χ4n) is 2.96. The maximum atomic E-state index is 12.2. The SMILES string of the molecule is O=C1CCC(c2ccccc2)=NN1Cn1ccc2ccccc21. The van der Waals surface area contributed by atoms with E-state index in [2.05, 4.69) is 27.9 Å². The molecule has 1 aliphatic heterocycles. The van der Waals surface area contributed by atoms with E-state index in [9.17, 15) is 4.79 Å². The summed E-state index contributed by atoms with van der Waals surface area (Å²) in [4.78, 5) is 12.2. The second-order valence-electron chi connectivity index (χ2n) is 5.69. The largest absolute Gasteiger partial charge is 0.327 e. The third-order valence-electron chi connectivity index (χ3n) is 4.18. The zero-order valence-corrected chi connectivity index (χ0v) is 12.7. The smallest absolute Gasteiger partial charge is 0.244 e. The van der Waals surface area contributed by atoms with Gasteiger partial charge < -0.3 is 4.57 Å². The molecule has 1 aromatic heterocycles. The van der Waals surface area contributed by atoms with Crippen LogP contribution in [0.2, 0.25) is 0 Å². The molecule has 1 aliphatic rings. The number of carbonyl (C=O) groups is 1. The second-order valence-corrected chi connectivity index (χ2v) is 5.69. The summed E-state index contributed by atoms with van der Waals surface area (Å²) in [6.45, 7) is 0.447. The lowest BCUT2D eigenvalue weighted by atomic mass is 10.0. The van der Waals surface area contributed by atoms with Crippen molar-refractivity contribution in [2.24, 2.45) is 5.10 Å². The summed E-state index contributed by atoms with van der Waals surface area (Å²) in [7, 11) is 0. The van der Waals surface area contributed by atoms with Gasteiger partial charge in [-0.2, -0.15) is 5.10 Å². The molecule has 0 radical (unpaired) electrons. The van der Waals surface area contributed by atoms with Gasteiger partial charge in [-0.3, -0.25) is 4.79 Å². The van der Waals surface area contributed by atoms with Crippen LogP contribution in [0.4, 0.5) is 0 Å². The average Bonchev–Trinajstić information content (AvgIpc) is 3.01. The van der Waals surface area contributed by atoms with Crippen LogP contribution in [0.15, 0.2) is 72.0 Å². The molecule has 2 heterocycles. The molecule has 0 N–H and O–H groups in total. The first-order valence-corrected chi connectivity index (χ1v) is 7.78. The van der Waals surface area contributed by atoms with Crippen LogP contribution in [0.3, 0.4) is 0 Å². The van der Waals surface area contributed by atoms with Crippen molar-refractivity contribution < 1.29 is 4.79 Å². The number of carbonyl (C=O) groups excluding carboxylic acids is 1. The minimum absolute atomic E-state index is 0.0717. The number of fused-ring (bicyclic) bond motifs is 1. The highest BCUT2D eigenvalue weighted by Gasteiger charge is 2.21. The lowest BCUT2D eigenvalue weighted by Crippen LogP contribution is -2.33. The van der Waals surface area contributed by atoms with Gasteiger partial charge in [-0.1, -0.05) is 48.5 Å². The van der Waals surface area contributed by atoms with Gasteiger partial charge in [0, 0.05) is 24.6 Å². The van der Waals surface area contributed by atoms with Gasteiger partial charge in [0.15, 0.2) is 0 Å². The van der Waals surface area contributed by atoms with Crippen LogP contribution in [-0.2, 0) is 11.5 Å². The molecule has 23 heavy (non-hydrogen) atoms. The summed E-state index contributed by atoms with van der Waals surface area (Å²) < 4.78 is 2.06. The van der Waals surface area contributed by atoms with E-state index in [1.165, 1.54) is 5.39 Å². The van der Waals surface area contributed by atoms with Gasteiger partial charge in [-0.15, -0.1) is 0 Å². The average molecular weight is 303 g/mol. The number of rotatable bonds is 3. The zero-order valence-electron chi connectivity index (χ0n) is 12.7. The molecule has 3 aromatic rings. The molecule has 4 rings (SSSR count). The number of aromatic nitrogens is 1. The van der Waals surface area contributed by atoms with Crippen molar-refractivity contribution >= 4 is 22.5 Å². The number of hydrogen-bond acceptors (Lipinski definition) is 2. The van der Waals surface area contributed by atoms with Gasteiger partial charge in [0.25, 0.3) is 0 Å². The summed E-state index contributed by atoms with van der Waals surface area (Å²) in [6, 6.07) is 20.3. The standard InChI is InChI=1S/C19H17N3O/c23-19-11-10-17(15-6-2-1-3-7-15)20-22(19)14-21-13-12-16-8-4-5-9-18(16)21/h1-9,12-13H,10-11,14H2. The normalized spacial score (nSPS) is 15.0. The minimum Gasteiger partial charge on any atom is -0.327 e. The quantitative estimate of drug-likeness (QED) is 0.728. The number of para-hydroxylation sites is 1. The van der Waals surface area contributed by atoms with E-state index in [1.807, 2.05) is 48.7 Å². The highest BCUT2D eigenvalue weighted by molar-refractivity contribution is 6.04. The molecule has 4 nitrogen and oxygen atoms in total. The highest BCUT2D eigenvalue weighted by Crippen LogP contribution is 2.19. The molecular weight excluding hydrogens is 286 g/mol. The van der Waals surface area contributed by atoms with Crippen molar-refractivity contribution in [2.75, 3.05) is 0 Å². The molecule has 1 amide bonds. The van der Waals surface area contributed by atoms with Crippen molar-refractivity contribution in [2.45, 2.75) is 19.5 Å². The van der Waals surface area contributed by atoms with E-state index in [0.717, 1.165) is 16.8 Å². The molecule has 0 aliphatic carbocycles. The summed E-state index contributed by atoms with van der Waals surface area (Å²) in [5, 5.41) is 7.35. The zero-order chi connectivity index (χ0) is 15.6. The van der Waals surface area contributed by atoms with E-state index in [-0.39, 0.29) is 5.91 Å². The fraction of sp³-hybridized carbons (Fsp3) is 0.158. The number of amides is 1. The van der Waals surface area contributed by atoms with Crippen LogP contribution in [-0.4, -0.2) is 21.2 Å². The Kier molecular flexibility index (Phi) is 3.42. The maximum Gasteiger partial charge on any atom is 0.244 e. The molecule has 0 saturated heterocycles. The summed E-state index contributed by atoms with van der Waals surface area (Å²) in [5.74, 6) is 0.0717. The Balaban J connectivity index is 1.65. The topological polar surface area (TPSA) is 37.6 Å². The lowest BCUT2D eigenvalue weighted by Gasteiger charge is -2.24. The van der Waals surface area contributed by atoms with Gasteiger partial charge in [0.2, 0.25) is 5.91 Å². The molecular formula is C19H17N3O. The van der Waals surface area contributed by atoms with Crippen LogP contribution >= 0.6 is 0 Å². The van der Waals surface area contributed by atoms with Gasteiger partial charge in [0.05, 0.1) is 5.71 Å². The Morgan fingerprint density at radius 3 is 2.57 bits per heavy atom.